The highest BCUT2D eigenvalue weighted by atomic mass is 32.2. The molecule has 1 amide bonds. The van der Waals surface area contributed by atoms with Crippen LogP contribution < -0.4 is 5.32 Å². The Morgan fingerprint density at radius 2 is 2.04 bits per heavy atom. The van der Waals surface area contributed by atoms with Gasteiger partial charge in [0.05, 0.1) is 17.0 Å². The first-order valence-electron chi connectivity index (χ1n) is 7.88. The number of nitrogens with zero attached hydrogens (tertiary/aromatic N) is 1. The van der Waals surface area contributed by atoms with Crippen molar-refractivity contribution in [2.75, 3.05) is 11.6 Å². The van der Waals surface area contributed by atoms with Crippen LogP contribution in [0, 0.1) is 5.92 Å². The molecule has 2 aromatic rings. The number of hydrogen-bond acceptors (Lipinski definition) is 5. The zero-order valence-electron chi connectivity index (χ0n) is 13.7. The van der Waals surface area contributed by atoms with Crippen LogP contribution in [-0.4, -0.2) is 25.6 Å². The Morgan fingerprint density at radius 1 is 1.33 bits per heavy atom. The summed E-state index contributed by atoms with van der Waals surface area (Å²) in [5.74, 6) is 0.538. The Kier molecular flexibility index (Phi) is 4.73. The molecule has 128 valence electrons. The van der Waals surface area contributed by atoms with Gasteiger partial charge in [-0.2, -0.15) is 0 Å². The van der Waals surface area contributed by atoms with Gasteiger partial charge in [0, 0.05) is 11.1 Å². The van der Waals surface area contributed by atoms with Crippen molar-refractivity contribution >= 4 is 32.2 Å². The molecule has 1 aromatic heterocycles. The van der Waals surface area contributed by atoms with Crippen molar-refractivity contribution in [3.8, 4) is 0 Å². The number of aryl methyl sites for hydroxylation is 1. The number of aromatic nitrogens is 1. The number of sulfone groups is 1. The molecule has 0 saturated carbocycles. The number of nitrogens with one attached hydrogen (secondary N) is 1. The van der Waals surface area contributed by atoms with E-state index >= 15 is 0 Å². The molecule has 1 aromatic carbocycles. The van der Waals surface area contributed by atoms with Crippen molar-refractivity contribution < 1.29 is 13.2 Å². The topological polar surface area (TPSA) is 76.1 Å². The average Bonchev–Trinajstić information content (AvgIpc) is 2.87. The largest absolute Gasteiger partial charge is 0.302 e. The zero-order valence-corrected chi connectivity index (χ0v) is 15.3. The fourth-order valence-corrected chi connectivity index (χ4v) is 4.61. The minimum Gasteiger partial charge on any atom is -0.302 e. The van der Waals surface area contributed by atoms with E-state index in [2.05, 4.69) is 17.2 Å². The third-order valence-corrected chi connectivity index (χ3v) is 6.31. The lowest BCUT2D eigenvalue weighted by molar-refractivity contribution is -0.115. The molecule has 0 unspecified atom stereocenters. The Bertz CT molecular complexity index is 854. The zero-order chi connectivity index (χ0) is 17.3. The third kappa shape index (κ3) is 4.02. The Hall–Kier alpha value is -1.73. The van der Waals surface area contributed by atoms with Gasteiger partial charge in [-0.05, 0) is 42.9 Å². The van der Waals surface area contributed by atoms with Gasteiger partial charge < -0.3 is 5.32 Å². The second-order valence-electron chi connectivity index (χ2n) is 6.38. The lowest BCUT2D eigenvalue weighted by Crippen LogP contribution is -2.14. The van der Waals surface area contributed by atoms with E-state index in [4.69, 9.17) is 0 Å². The summed E-state index contributed by atoms with van der Waals surface area (Å²) < 4.78 is 22.9. The molecule has 3 rings (SSSR count). The number of amides is 1. The molecule has 1 heterocycles. The van der Waals surface area contributed by atoms with Gasteiger partial charge in [0.2, 0.25) is 5.91 Å². The molecule has 1 aliphatic rings. The monoisotopic (exact) mass is 364 g/mol. The van der Waals surface area contributed by atoms with Crippen LogP contribution in [0.5, 0.6) is 0 Å². The summed E-state index contributed by atoms with van der Waals surface area (Å²) in [6.07, 6.45) is 4.53. The molecule has 0 saturated heterocycles. The highest BCUT2D eigenvalue weighted by Gasteiger charge is 2.20. The van der Waals surface area contributed by atoms with Crippen molar-refractivity contribution in [1.29, 1.82) is 0 Å². The molecule has 7 heteroatoms. The maximum Gasteiger partial charge on any atom is 0.230 e. The van der Waals surface area contributed by atoms with E-state index in [0.29, 0.717) is 11.0 Å². The van der Waals surface area contributed by atoms with Crippen LogP contribution in [0.4, 0.5) is 5.13 Å². The number of carbonyl (C=O) groups is 1. The van der Waals surface area contributed by atoms with E-state index in [0.717, 1.165) is 30.5 Å². The van der Waals surface area contributed by atoms with Gasteiger partial charge in [-0.25, -0.2) is 13.4 Å². The fourth-order valence-electron chi connectivity index (χ4n) is 2.80. The lowest BCUT2D eigenvalue weighted by Gasteiger charge is -2.15. The van der Waals surface area contributed by atoms with E-state index < -0.39 is 9.84 Å². The van der Waals surface area contributed by atoms with Crippen LogP contribution in [0.25, 0.3) is 0 Å². The number of hydrogen-bond donors (Lipinski definition) is 1. The summed E-state index contributed by atoms with van der Waals surface area (Å²) in [6, 6.07) is 6.40. The summed E-state index contributed by atoms with van der Waals surface area (Å²) in [7, 11) is -3.21. The first-order chi connectivity index (χ1) is 11.3. The minimum atomic E-state index is -3.21. The Balaban J connectivity index is 1.64. The molecule has 24 heavy (non-hydrogen) atoms. The van der Waals surface area contributed by atoms with E-state index in [1.54, 1.807) is 23.5 Å². The molecule has 5 nitrogen and oxygen atoms in total. The molecule has 0 aliphatic heterocycles. The van der Waals surface area contributed by atoms with Crippen LogP contribution in [0.2, 0.25) is 0 Å². The van der Waals surface area contributed by atoms with Crippen LogP contribution in [0.15, 0.2) is 29.2 Å². The van der Waals surface area contributed by atoms with Gasteiger partial charge in [0.25, 0.3) is 0 Å². The van der Waals surface area contributed by atoms with Crippen LogP contribution in [0.1, 0.15) is 29.5 Å². The lowest BCUT2D eigenvalue weighted by atomic mass is 9.93. The second kappa shape index (κ2) is 6.64. The highest BCUT2D eigenvalue weighted by molar-refractivity contribution is 7.90. The van der Waals surface area contributed by atoms with Gasteiger partial charge >= 0.3 is 0 Å². The van der Waals surface area contributed by atoms with Gasteiger partial charge in [-0.3, -0.25) is 4.79 Å². The molecule has 0 bridgehead atoms. The van der Waals surface area contributed by atoms with Crippen LogP contribution >= 0.6 is 11.3 Å². The standard InChI is InChI=1S/C17H20N2O3S2/c1-11-3-8-14-15(9-11)23-17(18-14)19-16(20)10-12-4-6-13(7-5-12)24(2,21)22/h4-7,11H,3,8-10H2,1-2H3,(H,18,19,20)/t11-/m1/s1. The van der Waals surface area contributed by atoms with Crippen LogP contribution in [0.3, 0.4) is 0 Å². The first kappa shape index (κ1) is 17.1. The maximum absolute atomic E-state index is 12.2. The summed E-state index contributed by atoms with van der Waals surface area (Å²) in [5.41, 5.74) is 1.89. The molecule has 1 N–H and O–H groups in total. The molecule has 0 radical (unpaired) electrons. The SMILES string of the molecule is C[C@@H]1CCc2nc(NC(=O)Cc3ccc(S(C)(=O)=O)cc3)sc2C1. The number of anilines is 1. The molecule has 1 atom stereocenters. The fraction of sp³-hybridized carbons (Fsp3) is 0.412. The van der Waals surface area contributed by atoms with Gasteiger partial charge in [0.15, 0.2) is 15.0 Å². The predicted molar refractivity (Wildman–Crippen MR) is 95.2 cm³/mol. The number of fused-ring (bicyclic) bond motifs is 1. The Morgan fingerprint density at radius 3 is 2.71 bits per heavy atom. The number of rotatable bonds is 4. The van der Waals surface area contributed by atoms with Gasteiger partial charge in [-0.1, -0.05) is 19.1 Å². The minimum absolute atomic E-state index is 0.138. The van der Waals surface area contributed by atoms with E-state index in [-0.39, 0.29) is 17.2 Å². The van der Waals surface area contributed by atoms with Gasteiger partial charge in [0.1, 0.15) is 0 Å². The smallest absolute Gasteiger partial charge is 0.230 e. The third-order valence-electron chi connectivity index (χ3n) is 4.15. The van der Waals surface area contributed by atoms with E-state index in [1.807, 2.05) is 0 Å². The molecule has 1 aliphatic carbocycles. The highest BCUT2D eigenvalue weighted by Crippen LogP contribution is 2.32. The molecule has 0 spiro atoms. The molecule has 0 fully saturated rings. The Labute approximate surface area is 146 Å². The van der Waals surface area contributed by atoms with E-state index in [9.17, 15) is 13.2 Å². The summed E-state index contributed by atoms with van der Waals surface area (Å²) in [4.78, 5) is 18.2. The van der Waals surface area contributed by atoms with Crippen molar-refractivity contribution in [3.05, 3.63) is 40.4 Å². The molecular formula is C17H20N2O3S2. The van der Waals surface area contributed by atoms with Gasteiger partial charge in [-0.15, -0.1) is 11.3 Å². The summed E-state index contributed by atoms with van der Waals surface area (Å²) >= 11 is 1.56. The first-order valence-corrected chi connectivity index (χ1v) is 10.6. The van der Waals surface area contributed by atoms with Crippen molar-refractivity contribution in [3.63, 3.8) is 0 Å². The maximum atomic E-state index is 12.2. The summed E-state index contributed by atoms with van der Waals surface area (Å²) in [6.45, 7) is 2.24. The van der Waals surface area contributed by atoms with Crippen LogP contribution in [-0.2, 0) is 33.9 Å². The number of benzene rings is 1. The average molecular weight is 364 g/mol. The second-order valence-corrected chi connectivity index (χ2v) is 9.48. The number of thiazole rings is 1. The van der Waals surface area contributed by atoms with Crippen molar-refractivity contribution in [2.24, 2.45) is 5.92 Å². The number of carbonyl (C=O) groups excluding carboxylic acids is 1. The predicted octanol–water partition coefficient (Wildman–Crippen LogP) is 2.85. The quantitative estimate of drug-likeness (QED) is 0.905. The normalized spacial score (nSPS) is 17.3. The van der Waals surface area contributed by atoms with Crippen molar-refractivity contribution in [1.82, 2.24) is 4.98 Å². The summed E-state index contributed by atoms with van der Waals surface area (Å²) in [5, 5.41) is 3.52. The van der Waals surface area contributed by atoms with Crippen molar-refractivity contribution in [2.45, 2.75) is 37.5 Å². The van der Waals surface area contributed by atoms with E-state index in [1.165, 1.54) is 23.3 Å². The molecular weight excluding hydrogens is 344 g/mol.